The Morgan fingerprint density at radius 1 is 1.67 bits per heavy atom. The van der Waals surface area contributed by atoms with E-state index >= 15 is 0 Å². The molecule has 1 atom stereocenters. The lowest BCUT2D eigenvalue weighted by Gasteiger charge is -2.04. The third-order valence-corrected chi connectivity index (χ3v) is 3.08. The summed E-state index contributed by atoms with van der Waals surface area (Å²) in [6, 6.07) is 0.652. The maximum absolute atomic E-state index is 8.75. The fourth-order valence-electron chi connectivity index (χ4n) is 1.78. The molecule has 1 heterocycles. The van der Waals surface area contributed by atoms with Crippen molar-refractivity contribution in [3.05, 3.63) is 18.0 Å². The molecule has 4 heteroatoms. The monoisotopic (exact) mass is 209 g/mol. The first-order chi connectivity index (χ1) is 7.12. The predicted molar refractivity (Wildman–Crippen MR) is 58.3 cm³/mol. The minimum absolute atomic E-state index is 0.143. The van der Waals surface area contributed by atoms with Gasteiger partial charge in [-0.1, -0.05) is 13.8 Å². The second-order valence-corrected chi connectivity index (χ2v) is 4.96. The molecule has 0 radical (unpaired) electrons. The largest absolute Gasteiger partial charge is 0.394 e. The molecule has 1 aromatic rings. The molecular weight excluding hydrogens is 190 g/mol. The minimum atomic E-state index is 0.143. The van der Waals surface area contributed by atoms with E-state index in [1.807, 2.05) is 12.4 Å². The zero-order chi connectivity index (χ0) is 10.9. The van der Waals surface area contributed by atoms with Crippen LogP contribution in [0.2, 0.25) is 0 Å². The van der Waals surface area contributed by atoms with Crippen LogP contribution in [0.4, 0.5) is 0 Å². The predicted octanol–water partition coefficient (Wildman–Crippen LogP) is 0.763. The Balaban J connectivity index is 1.79. The molecule has 1 aliphatic rings. The lowest BCUT2D eigenvalue weighted by Crippen LogP contribution is -2.19. The molecule has 1 aromatic heterocycles. The summed E-state index contributed by atoms with van der Waals surface area (Å²) in [7, 11) is 0. The molecule has 1 aliphatic carbocycles. The number of aromatic nitrogens is 2. The third kappa shape index (κ3) is 2.58. The molecule has 0 spiro atoms. The van der Waals surface area contributed by atoms with Crippen LogP contribution in [0, 0.1) is 5.41 Å². The molecule has 2 rings (SSSR count). The molecule has 1 fully saturated rings. The molecule has 0 amide bonds. The van der Waals surface area contributed by atoms with Gasteiger partial charge in [0.25, 0.3) is 0 Å². The topological polar surface area (TPSA) is 50.1 Å². The van der Waals surface area contributed by atoms with E-state index in [-0.39, 0.29) is 6.61 Å². The van der Waals surface area contributed by atoms with Gasteiger partial charge in [0, 0.05) is 24.3 Å². The number of nitrogens with one attached hydrogen (secondary N) is 1. The van der Waals surface area contributed by atoms with Gasteiger partial charge in [0.2, 0.25) is 0 Å². The van der Waals surface area contributed by atoms with Crippen LogP contribution >= 0.6 is 0 Å². The van der Waals surface area contributed by atoms with E-state index in [0.29, 0.717) is 18.0 Å². The van der Waals surface area contributed by atoms with Crippen molar-refractivity contribution >= 4 is 0 Å². The van der Waals surface area contributed by atoms with Crippen LogP contribution in [-0.2, 0) is 13.1 Å². The first-order valence-corrected chi connectivity index (χ1v) is 5.47. The zero-order valence-electron chi connectivity index (χ0n) is 9.40. The molecule has 15 heavy (non-hydrogen) atoms. The molecule has 2 N–H and O–H groups in total. The molecule has 1 unspecified atom stereocenters. The highest BCUT2D eigenvalue weighted by Crippen LogP contribution is 2.44. The molecule has 4 nitrogen and oxygen atoms in total. The van der Waals surface area contributed by atoms with Crippen molar-refractivity contribution < 1.29 is 5.11 Å². The summed E-state index contributed by atoms with van der Waals surface area (Å²) in [6.45, 7) is 6.15. The average molecular weight is 209 g/mol. The van der Waals surface area contributed by atoms with Gasteiger partial charge in [-0.15, -0.1) is 0 Å². The maximum atomic E-state index is 8.75. The van der Waals surface area contributed by atoms with Gasteiger partial charge in [-0.3, -0.25) is 4.68 Å². The summed E-state index contributed by atoms with van der Waals surface area (Å²) < 4.78 is 1.77. The van der Waals surface area contributed by atoms with Crippen LogP contribution < -0.4 is 5.32 Å². The van der Waals surface area contributed by atoms with Crippen LogP contribution in [0.1, 0.15) is 25.8 Å². The number of hydrogen-bond acceptors (Lipinski definition) is 3. The standard InChI is InChI=1S/C11H19N3O/c1-11(2)5-10(11)12-6-9-7-13-14(8-9)3-4-15/h7-8,10,12,15H,3-6H2,1-2H3. The molecule has 84 valence electrons. The number of nitrogens with zero attached hydrogens (tertiary/aromatic N) is 2. The van der Waals surface area contributed by atoms with Crippen LogP contribution in [0.5, 0.6) is 0 Å². The lowest BCUT2D eigenvalue weighted by molar-refractivity contribution is 0.269. The van der Waals surface area contributed by atoms with E-state index in [1.165, 1.54) is 12.0 Å². The van der Waals surface area contributed by atoms with Crippen molar-refractivity contribution in [3.8, 4) is 0 Å². The number of hydrogen-bond donors (Lipinski definition) is 2. The van der Waals surface area contributed by atoms with Crippen LogP contribution in [-0.4, -0.2) is 27.5 Å². The maximum Gasteiger partial charge on any atom is 0.0640 e. The van der Waals surface area contributed by atoms with Crippen molar-refractivity contribution in [2.75, 3.05) is 6.61 Å². The van der Waals surface area contributed by atoms with Crippen LogP contribution in [0.3, 0.4) is 0 Å². The van der Waals surface area contributed by atoms with E-state index in [0.717, 1.165) is 6.54 Å². The van der Waals surface area contributed by atoms with E-state index in [9.17, 15) is 0 Å². The highest BCUT2D eigenvalue weighted by atomic mass is 16.3. The van der Waals surface area contributed by atoms with Gasteiger partial charge in [0.05, 0.1) is 19.3 Å². The van der Waals surface area contributed by atoms with Crippen molar-refractivity contribution in [2.24, 2.45) is 5.41 Å². The van der Waals surface area contributed by atoms with Crippen LogP contribution in [0.25, 0.3) is 0 Å². The smallest absolute Gasteiger partial charge is 0.0640 e. The fraction of sp³-hybridized carbons (Fsp3) is 0.727. The van der Waals surface area contributed by atoms with Crippen molar-refractivity contribution in [2.45, 2.75) is 39.4 Å². The molecule has 0 saturated heterocycles. The Labute approximate surface area is 90.3 Å². The zero-order valence-corrected chi connectivity index (χ0v) is 9.40. The summed E-state index contributed by atoms with van der Waals surface area (Å²) >= 11 is 0. The SMILES string of the molecule is CC1(C)CC1NCc1cnn(CCO)c1. The second-order valence-electron chi connectivity index (χ2n) is 4.96. The van der Waals surface area contributed by atoms with Gasteiger partial charge in [-0.2, -0.15) is 5.10 Å². The van der Waals surface area contributed by atoms with Gasteiger partial charge in [0.1, 0.15) is 0 Å². The van der Waals surface area contributed by atoms with Crippen LogP contribution in [0.15, 0.2) is 12.4 Å². The Hall–Kier alpha value is -0.870. The third-order valence-electron chi connectivity index (χ3n) is 3.08. The van der Waals surface area contributed by atoms with Gasteiger partial charge >= 0.3 is 0 Å². The fourth-order valence-corrected chi connectivity index (χ4v) is 1.78. The Morgan fingerprint density at radius 3 is 3.00 bits per heavy atom. The van der Waals surface area contributed by atoms with Crippen molar-refractivity contribution in [1.82, 2.24) is 15.1 Å². The molecule has 0 bridgehead atoms. The van der Waals surface area contributed by atoms with E-state index < -0.39 is 0 Å². The average Bonchev–Trinajstić information content (AvgIpc) is 2.62. The Kier molecular flexibility index (Phi) is 2.80. The molecule has 0 aromatic carbocycles. The van der Waals surface area contributed by atoms with Crippen molar-refractivity contribution in [1.29, 1.82) is 0 Å². The highest BCUT2D eigenvalue weighted by molar-refractivity contribution is 5.07. The molecular formula is C11H19N3O. The Bertz CT molecular complexity index is 332. The number of rotatable bonds is 5. The first-order valence-electron chi connectivity index (χ1n) is 5.47. The normalized spacial score (nSPS) is 23.0. The van der Waals surface area contributed by atoms with Gasteiger partial charge < -0.3 is 10.4 Å². The van der Waals surface area contributed by atoms with Crippen molar-refractivity contribution in [3.63, 3.8) is 0 Å². The van der Waals surface area contributed by atoms with Gasteiger partial charge in [0.15, 0.2) is 0 Å². The summed E-state index contributed by atoms with van der Waals surface area (Å²) in [5.41, 5.74) is 1.66. The quantitative estimate of drug-likeness (QED) is 0.753. The first kappa shape index (κ1) is 10.6. The van der Waals surface area contributed by atoms with E-state index in [4.69, 9.17) is 5.11 Å². The highest BCUT2D eigenvalue weighted by Gasteiger charge is 2.44. The molecule has 1 saturated carbocycles. The number of aliphatic hydroxyl groups excluding tert-OH is 1. The second kappa shape index (κ2) is 3.94. The Morgan fingerprint density at radius 2 is 2.40 bits per heavy atom. The summed E-state index contributed by atoms with van der Waals surface area (Å²) in [5.74, 6) is 0. The number of aliphatic hydroxyl groups is 1. The van der Waals surface area contributed by atoms with Gasteiger partial charge in [-0.25, -0.2) is 0 Å². The minimum Gasteiger partial charge on any atom is -0.394 e. The summed E-state index contributed by atoms with van der Waals surface area (Å²) in [6.07, 6.45) is 5.11. The van der Waals surface area contributed by atoms with Gasteiger partial charge in [-0.05, 0) is 11.8 Å². The molecule has 0 aliphatic heterocycles. The van der Waals surface area contributed by atoms with E-state index in [2.05, 4.69) is 24.3 Å². The van der Waals surface area contributed by atoms with E-state index in [1.54, 1.807) is 4.68 Å². The summed E-state index contributed by atoms with van der Waals surface area (Å²) in [4.78, 5) is 0. The lowest BCUT2D eigenvalue weighted by atomic mass is 10.2. The summed E-state index contributed by atoms with van der Waals surface area (Å²) in [5, 5.41) is 16.4.